The number of rotatable bonds is 12. The minimum Gasteiger partial charge on any atom is -0.493 e. The Hall–Kier alpha value is -5.59. The van der Waals surface area contributed by atoms with Gasteiger partial charge in [0.1, 0.15) is 11.5 Å². The van der Waals surface area contributed by atoms with Gasteiger partial charge < -0.3 is 29.0 Å². The maximum atomic E-state index is 12.9. The third-order valence-corrected chi connectivity index (χ3v) is 6.79. The average Bonchev–Trinajstić information content (AvgIpc) is 3.07. The van der Waals surface area contributed by atoms with Gasteiger partial charge in [0.2, 0.25) is 5.75 Å². The SMILES string of the molecule is COc1cc(C(=O)NCC(=O)NN=Cc2ccc(OC(=O)c3ccc(Cl)cc3)cc2OC(=O)c2ccc(Cl)cc2)cc(OC)c1OC. The van der Waals surface area contributed by atoms with Gasteiger partial charge in [0, 0.05) is 27.2 Å². The Balaban J connectivity index is 1.46. The molecule has 0 radical (unpaired) electrons. The molecular weight excluding hydrogens is 653 g/mol. The summed E-state index contributed by atoms with van der Waals surface area (Å²) in [7, 11) is 4.26. The molecule has 0 bridgehead atoms. The van der Waals surface area contributed by atoms with Crippen LogP contribution in [-0.2, 0) is 4.79 Å². The van der Waals surface area contributed by atoms with Crippen LogP contribution in [-0.4, -0.2) is 57.8 Å². The molecule has 2 amide bonds. The van der Waals surface area contributed by atoms with Gasteiger partial charge in [0.25, 0.3) is 11.8 Å². The Morgan fingerprint density at radius 1 is 0.681 bits per heavy atom. The van der Waals surface area contributed by atoms with Crippen LogP contribution in [0.5, 0.6) is 28.7 Å². The molecule has 242 valence electrons. The Bertz CT molecular complexity index is 1790. The van der Waals surface area contributed by atoms with E-state index in [9.17, 15) is 19.2 Å². The van der Waals surface area contributed by atoms with E-state index in [2.05, 4.69) is 15.8 Å². The summed E-state index contributed by atoms with van der Waals surface area (Å²) in [6.07, 6.45) is 1.22. The van der Waals surface area contributed by atoms with E-state index >= 15 is 0 Å². The van der Waals surface area contributed by atoms with Crippen molar-refractivity contribution in [3.8, 4) is 28.7 Å². The molecule has 2 N–H and O–H groups in total. The van der Waals surface area contributed by atoms with E-state index in [0.29, 0.717) is 15.8 Å². The molecule has 0 atom stereocenters. The summed E-state index contributed by atoms with van der Waals surface area (Å²) in [5.74, 6) is -1.74. The Morgan fingerprint density at radius 3 is 1.77 bits per heavy atom. The zero-order chi connectivity index (χ0) is 33.9. The molecule has 47 heavy (non-hydrogen) atoms. The van der Waals surface area contributed by atoms with Crippen molar-refractivity contribution in [1.29, 1.82) is 0 Å². The first kappa shape index (κ1) is 34.3. The molecule has 0 aliphatic rings. The predicted molar refractivity (Wildman–Crippen MR) is 173 cm³/mol. The van der Waals surface area contributed by atoms with Crippen LogP contribution in [0, 0.1) is 0 Å². The fourth-order valence-electron chi connectivity index (χ4n) is 3.96. The Morgan fingerprint density at radius 2 is 1.23 bits per heavy atom. The van der Waals surface area contributed by atoms with Gasteiger partial charge in [0.15, 0.2) is 11.5 Å². The second kappa shape index (κ2) is 16.1. The first-order valence-corrected chi connectivity index (χ1v) is 14.4. The van der Waals surface area contributed by atoms with Crippen LogP contribution >= 0.6 is 23.2 Å². The summed E-state index contributed by atoms with van der Waals surface area (Å²) in [5, 5.41) is 7.27. The number of halogens is 2. The molecule has 4 rings (SSSR count). The fraction of sp³-hybridized carbons (Fsp3) is 0.121. The van der Waals surface area contributed by atoms with Crippen molar-refractivity contribution in [2.45, 2.75) is 0 Å². The molecule has 14 heteroatoms. The van der Waals surface area contributed by atoms with Gasteiger partial charge >= 0.3 is 11.9 Å². The molecule has 4 aromatic rings. The standard InChI is InChI=1S/C33H27Cl2N3O9/c1-43-27-14-22(15-28(44-2)30(27)45-3)31(40)36-18-29(39)38-37-17-21-8-13-25(46-32(41)19-4-9-23(34)10-5-19)16-26(21)47-33(42)20-6-11-24(35)12-7-20/h4-17H,18H2,1-3H3,(H,36,40)(H,38,39). The molecule has 0 saturated carbocycles. The highest BCUT2D eigenvalue weighted by Gasteiger charge is 2.18. The third-order valence-electron chi connectivity index (χ3n) is 6.29. The Kier molecular flexibility index (Phi) is 11.8. The number of methoxy groups -OCH3 is 3. The van der Waals surface area contributed by atoms with Crippen molar-refractivity contribution in [3.05, 3.63) is 111 Å². The topological polar surface area (TPSA) is 151 Å². The van der Waals surface area contributed by atoms with E-state index in [1.54, 1.807) is 12.1 Å². The number of hydrogen-bond donors (Lipinski definition) is 2. The fourth-order valence-corrected chi connectivity index (χ4v) is 4.21. The summed E-state index contributed by atoms with van der Waals surface area (Å²) in [6.45, 7) is -0.426. The number of hydrazone groups is 1. The summed E-state index contributed by atoms with van der Waals surface area (Å²) >= 11 is 11.8. The molecule has 0 aromatic heterocycles. The van der Waals surface area contributed by atoms with E-state index in [1.165, 1.54) is 94.3 Å². The van der Waals surface area contributed by atoms with Crippen LogP contribution in [0.1, 0.15) is 36.6 Å². The number of ether oxygens (including phenoxy) is 5. The first-order chi connectivity index (χ1) is 22.6. The van der Waals surface area contributed by atoms with Gasteiger partial charge in [-0.1, -0.05) is 23.2 Å². The summed E-state index contributed by atoms with van der Waals surface area (Å²) in [6, 6.07) is 19.2. The van der Waals surface area contributed by atoms with Crippen LogP contribution in [0.25, 0.3) is 0 Å². The number of amides is 2. The van der Waals surface area contributed by atoms with Gasteiger partial charge in [-0.05, 0) is 72.8 Å². The van der Waals surface area contributed by atoms with E-state index in [0.717, 1.165) is 0 Å². The van der Waals surface area contributed by atoms with Crippen molar-refractivity contribution in [2.24, 2.45) is 5.10 Å². The highest BCUT2D eigenvalue weighted by atomic mass is 35.5. The summed E-state index contributed by atoms with van der Waals surface area (Å²) in [5.41, 5.74) is 3.16. The molecule has 12 nitrogen and oxygen atoms in total. The van der Waals surface area contributed by atoms with Crippen molar-refractivity contribution in [1.82, 2.24) is 10.7 Å². The molecule has 0 heterocycles. The van der Waals surface area contributed by atoms with Crippen LogP contribution in [0.4, 0.5) is 0 Å². The molecule has 4 aromatic carbocycles. The third kappa shape index (κ3) is 9.22. The smallest absolute Gasteiger partial charge is 0.343 e. The second-order valence-electron chi connectivity index (χ2n) is 9.38. The zero-order valence-electron chi connectivity index (χ0n) is 25.2. The lowest BCUT2D eigenvalue weighted by molar-refractivity contribution is -0.120. The molecule has 0 spiro atoms. The molecule has 0 aliphatic carbocycles. The van der Waals surface area contributed by atoms with Gasteiger partial charge in [-0.25, -0.2) is 15.0 Å². The number of nitrogens with one attached hydrogen (secondary N) is 2. The molecular formula is C33H27Cl2N3O9. The monoisotopic (exact) mass is 679 g/mol. The van der Waals surface area contributed by atoms with E-state index in [4.69, 9.17) is 46.9 Å². The van der Waals surface area contributed by atoms with Crippen LogP contribution in [0.3, 0.4) is 0 Å². The van der Waals surface area contributed by atoms with Gasteiger partial charge in [-0.2, -0.15) is 5.10 Å². The maximum Gasteiger partial charge on any atom is 0.343 e. The number of esters is 2. The van der Waals surface area contributed by atoms with Crippen LogP contribution in [0.15, 0.2) is 84.0 Å². The van der Waals surface area contributed by atoms with Crippen molar-refractivity contribution in [3.63, 3.8) is 0 Å². The lowest BCUT2D eigenvalue weighted by Gasteiger charge is -2.14. The quantitative estimate of drug-likeness (QED) is 0.0875. The lowest BCUT2D eigenvalue weighted by atomic mass is 10.1. The minimum atomic E-state index is -0.726. The average molecular weight is 680 g/mol. The van der Waals surface area contributed by atoms with Crippen molar-refractivity contribution < 1.29 is 42.9 Å². The minimum absolute atomic E-state index is 0.0277. The van der Waals surface area contributed by atoms with Crippen molar-refractivity contribution in [2.75, 3.05) is 27.9 Å². The van der Waals surface area contributed by atoms with Gasteiger partial charge in [0.05, 0.1) is 45.2 Å². The number of hydrogen-bond acceptors (Lipinski definition) is 10. The Labute approximate surface area is 279 Å². The van der Waals surface area contributed by atoms with Crippen LogP contribution < -0.4 is 34.4 Å². The van der Waals surface area contributed by atoms with E-state index in [1.807, 2.05) is 0 Å². The highest BCUT2D eigenvalue weighted by molar-refractivity contribution is 6.31. The first-order valence-electron chi connectivity index (χ1n) is 13.6. The van der Waals surface area contributed by atoms with Crippen molar-refractivity contribution >= 4 is 53.2 Å². The predicted octanol–water partition coefficient (Wildman–Crippen LogP) is 5.34. The van der Waals surface area contributed by atoms with Crippen LogP contribution in [0.2, 0.25) is 10.0 Å². The normalized spacial score (nSPS) is 10.6. The zero-order valence-corrected chi connectivity index (χ0v) is 26.7. The van der Waals surface area contributed by atoms with Gasteiger partial charge in [-0.3, -0.25) is 9.59 Å². The lowest BCUT2D eigenvalue weighted by Crippen LogP contribution is -2.35. The van der Waals surface area contributed by atoms with E-state index < -0.39 is 30.3 Å². The molecule has 0 unspecified atom stereocenters. The second-order valence-corrected chi connectivity index (χ2v) is 10.3. The molecule has 0 aliphatic heterocycles. The number of carbonyl (C=O) groups excluding carboxylic acids is 4. The highest BCUT2D eigenvalue weighted by Crippen LogP contribution is 2.38. The summed E-state index contributed by atoms with van der Waals surface area (Å²) < 4.78 is 26.8. The largest absolute Gasteiger partial charge is 0.493 e. The number of benzene rings is 4. The maximum absolute atomic E-state index is 12.9. The molecule has 0 fully saturated rings. The summed E-state index contributed by atoms with van der Waals surface area (Å²) in [4.78, 5) is 50.6. The molecule has 0 saturated heterocycles. The number of carbonyl (C=O) groups is 4. The van der Waals surface area contributed by atoms with E-state index in [-0.39, 0.29) is 45.3 Å². The van der Waals surface area contributed by atoms with Gasteiger partial charge in [-0.15, -0.1) is 0 Å². The number of nitrogens with zero attached hydrogens (tertiary/aromatic N) is 1.